The van der Waals surface area contributed by atoms with Crippen molar-refractivity contribution >= 4 is 18.0 Å². The summed E-state index contributed by atoms with van der Waals surface area (Å²) in [5.41, 5.74) is 3.39. The highest BCUT2D eigenvalue weighted by Gasteiger charge is 2.12. The molecule has 0 aliphatic rings. The van der Waals surface area contributed by atoms with E-state index in [1.165, 1.54) is 34.7 Å². The molecule has 2 amide bonds. The SMILES string of the molecule is COc1ccc(C(=O)NCC(=O)N/N=C/c2cc(OC)c(OC)c(OC)c2)cc1. The predicted octanol–water partition coefficient (Wildman–Crippen LogP) is 1.60. The standard InChI is InChI=1S/C20H23N3O6/c1-26-15-7-5-14(6-8-15)20(25)21-12-18(24)23-22-11-13-9-16(27-2)19(29-4)17(10-13)28-3/h5-11H,12H2,1-4H3,(H,21,25)(H,23,24)/b22-11+. The van der Waals surface area contributed by atoms with Crippen molar-refractivity contribution in [2.45, 2.75) is 0 Å². The smallest absolute Gasteiger partial charge is 0.259 e. The highest BCUT2D eigenvalue weighted by Crippen LogP contribution is 2.37. The molecule has 9 nitrogen and oxygen atoms in total. The number of hydrazone groups is 1. The number of hydrogen-bond donors (Lipinski definition) is 2. The first-order valence-electron chi connectivity index (χ1n) is 8.56. The first-order valence-corrected chi connectivity index (χ1v) is 8.56. The van der Waals surface area contributed by atoms with Crippen LogP contribution in [0.5, 0.6) is 23.0 Å². The van der Waals surface area contributed by atoms with Gasteiger partial charge in [-0.2, -0.15) is 5.10 Å². The predicted molar refractivity (Wildman–Crippen MR) is 107 cm³/mol. The molecule has 0 aliphatic heterocycles. The molecule has 2 aromatic rings. The molecule has 0 radical (unpaired) electrons. The first-order chi connectivity index (χ1) is 14.0. The number of nitrogens with one attached hydrogen (secondary N) is 2. The fraction of sp³-hybridized carbons (Fsp3) is 0.250. The van der Waals surface area contributed by atoms with Crippen LogP contribution in [0.1, 0.15) is 15.9 Å². The molecule has 0 saturated heterocycles. The van der Waals surface area contributed by atoms with E-state index in [2.05, 4.69) is 15.8 Å². The lowest BCUT2D eigenvalue weighted by atomic mass is 10.2. The molecule has 9 heteroatoms. The minimum Gasteiger partial charge on any atom is -0.497 e. The van der Waals surface area contributed by atoms with Crippen LogP contribution in [0.3, 0.4) is 0 Å². The summed E-state index contributed by atoms with van der Waals surface area (Å²) in [6, 6.07) is 9.90. The summed E-state index contributed by atoms with van der Waals surface area (Å²) in [6.07, 6.45) is 1.42. The van der Waals surface area contributed by atoms with Gasteiger partial charge in [-0.05, 0) is 36.4 Å². The highest BCUT2D eigenvalue weighted by atomic mass is 16.5. The summed E-state index contributed by atoms with van der Waals surface area (Å²) in [5, 5.41) is 6.39. The average Bonchev–Trinajstić information content (AvgIpc) is 2.76. The summed E-state index contributed by atoms with van der Waals surface area (Å²) < 4.78 is 20.8. The molecule has 0 fully saturated rings. The van der Waals surface area contributed by atoms with Crippen molar-refractivity contribution in [2.24, 2.45) is 5.10 Å². The normalized spacial score (nSPS) is 10.3. The number of ether oxygens (including phenoxy) is 4. The monoisotopic (exact) mass is 401 g/mol. The second-order valence-corrected chi connectivity index (χ2v) is 5.66. The lowest BCUT2D eigenvalue weighted by molar-refractivity contribution is -0.120. The highest BCUT2D eigenvalue weighted by molar-refractivity contribution is 5.96. The summed E-state index contributed by atoms with van der Waals surface area (Å²) in [5.74, 6) is 1.17. The zero-order chi connectivity index (χ0) is 21.2. The van der Waals surface area contributed by atoms with Crippen LogP contribution in [0.2, 0.25) is 0 Å². The molecule has 29 heavy (non-hydrogen) atoms. The van der Waals surface area contributed by atoms with Gasteiger partial charge < -0.3 is 24.3 Å². The van der Waals surface area contributed by atoms with Gasteiger partial charge in [0.1, 0.15) is 5.75 Å². The van der Waals surface area contributed by atoms with E-state index < -0.39 is 5.91 Å². The minimum atomic E-state index is -0.476. The first kappa shape index (κ1) is 21.5. The van der Waals surface area contributed by atoms with Crippen LogP contribution in [0, 0.1) is 0 Å². The Morgan fingerprint density at radius 3 is 2.07 bits per heavy atom. The summed E-state index contributed by atoms with van der Waals surface area (Å²) in [4.78, 5) is 23.9. The lowest BCUT2D eigenvalue weighted by Crippen LogP contribution is -2.34. The number of methoxy groups -OCH3 is 4. The fourth-order valence-corrected chi connectivity index (χ4v) is 2.40. The van der Waals surface area contributed by atoms with Gasteiger partial charge in [0.15, 0.2) is 11.5 Å². The molecule has 0 unspecified atom stereocenters. The van der Waals surface area contributed by atoms with Crippen LogP contribution in [0.15, 0.2) is 41.5 Å². The van der Waals surface area contributed by atoms with E-state index in [9.17, 15) is 9.59 Å². The second kappa shape index (κ2) is 10.5. The number of nitrogens with zero attached hydrogens (tertiary/aromatic N) is 1. The Labute approximate surface area is 168 Å². The van der Waals surface area contributed by atoms with Crippen molar-refractivity contribution in [3.05, 3.63) is 47.5 Å². The van der Waals surface area contributed by atoms with Gasteiger partial charge in [-0.3, -0.25) is 9.59 Å². The minimum absolute atomic E-state index is 0.225. The summed E-state index contributed by atoms with van der Waals surface area (Å²) in [7, 11) is 6.06. The van der Waals surface area contributed by atoms with E-state index in [1.807, 2.05) is 0 Å². The molecule has 2 rings (SSSR count). The molecule has 2 aromatic carbocycles. The number of amides is 2. The molecule has 0 aromatic heterocycles. The number of carbonyl (C=O) groups is 2. The molecular formula is C20H23N3O6. The number of hydrogen-bond acceptors (Lipinski definition) is 7. The van der Waals surface area contributed by atoms with Crippen molar-refractivity contribution in [1.29, 1.82) is 0 Å². The third-order valence-electron chi connectivity index (χ3n) is 3.85. The fourth-order valence-electron chi connectivity index (χ4n) is 2.40. The van der Waals surface area contributed by atoms with Gasteiger partial charge in [0.2, 0.25) is 5.75 Å². The Bertz CT molecular complexity index is 855. The maximum Gasteiger partial charge on any atom is 0.259 e. The molecule has 0 aliphatic carbocycles. The molecule has 0 spiro atoms. The van der Waals surface area contributed by atoms with E-state index in [0.29, 0.717) is 34.1 Å². The average molecular weight is 401 g/mol. The van der Waals surface area contributed by atoms with Crippen LogP contribution in [0.25, 0.3) is 0 Å². The Morgan fingerprint density at radius 1 is 0.931 bits per heavy atom. The molecule has 0 bridgehead atoms. The third kappa shape index (κ3) is 5.86. The maximum absolute atomic E-state index is 12.0. The molecule has 0 atom stereocenters. The van der Waals surface area contributed by atoms with Crippen LogP contribution >= 0.6 is 0 Å². The van der Waals surface area contributed by atoms with Crippen LogP contribution in [-0.2, 0) is 4.79 Å². The summed E-state index contributed by atoms with van der Waals surface area (Å²) >= 11 is 0. The summed E-state index contributed by atoms with van der Waals surface area (Å²) in [6.45, 7) is -0.225. The van der Waals surface area contributed by atoms with Gasteiger partial charge in [0, 0.05) is 11.1 Å². The van der Waals surface area contributed by atoms with E-state index in [0.717, 1.165) is 0 Å². The van der Waals surface area contributed by atoms with Crippen molar-refractivity contribution < 1.29 is 28.5 Å². The van der Waals surface area contributed by atoms with Crippen molar-refractivity contribution in [3.63, 3.8) is 0 Å². The molecule has 0 heterocycles. The van der Waals surface area contributed by atoms with Crippen molar-refractivity contribution in [1.82, 2.24) is 10.7 Å². The van der Waals surface area contributed by atoms with Gasteiger partial charge in [0.25, 0.3) is 11.8 Å². The molecule has 0 saturated carbocycles. The van der Waals surface area contributed by atoms with Crippen LogP contribution in [-0.4, -0.2) is 53.0 Å². The Hall–Kier alpha value is -3.75. The van der Waals surface area contributed by atoms with E-state index in [-0.39, 0.29) is 12.5 Å². The Balaban J connectivity index is 1.91. The van der Waals surface area contributed by atoms with Crippen LogP contribution in [0.4, 0.5) is 0 Å². The topological polar surface area (TPSA) is 107 Å². The Morgan fingerprint density at radius 2 is 1.55 bits per heavy atom. The number of rotatable bonds is 9. The lowest BCUT2D eigenvalue weighted by Gasteiger charge is -2.12. The molecule has 2 N–H and O–H groups in total. The zero-order valence-electron chi connectivity index (χ0n) is 16.6. The Kier molecular flexibility index (Phi) is 7.84. The van der Waals surface area contributed by atoms with Crippen molar-refractivity contribution in [2.75, 3.05) is 35.0 Å². The number of benzene rings is 2. The van der Waals surface area contributed by atoms with E-state index >= 15 is 0 Å². The van der Waals surface area contributed by atoms with Gasteiger partial charge in [-0.15, -0.1) is 0 Å². The van der Waals surface area contributed by atoms with Gasteiger partial charge in [0.05, 0.1) is 41.2 Å². The number of carbonyl (C=O) groups excluding carboxylic acids is 2. The second-order valence-electron chi connectivity index (χ2n) is 5.66. The van der Waals surface area contributed by atoms with E-state index in [4.69, 9.17) is 18.9 Å². The van der Waals surface area contributed by atoms with E-state index in [1.54, 1.807) is 36.4 Å². The van der Waals surface area contributed by atoms with Gasteiger partial charge >= 0.3 is 0 Å². The van der Waals surface area contributed by atoms with Gasteiger partial charge in [-0.25, -0.2) is 5.43 Å². The van der Waals surface area contributed by atoms with Crippen LogP contribution < -0.4 is 29.7 Å². The molecule has 154 valence electrons. The largest absolute Gasteiger partial charge is 0.497 e. The quantitative estimate of drug-likeness (QED) is 0.488. The third-order valence-corrected chi connectivity index (χ3v) is 3.85. The van der Waals surface area contributed by atoms with Crippen molar-refractivity contribution in [3.8, 4) is 23.0 Å². The molecular weight excluding hydrogens is 378 g/mol. The van der Waals surface area contributed by atoms with Gasteiger partial charge in [-0.1, -0.05) is 0 Å². The maximum atomic E-state index is 12.0. The zero-order valence-corrected chi connectivity index (χ0v) is 16.6.